The number of nitrogens with two attached hydrogens (primary N) is 1. The summed E-state index contributed by atoms with van der Waals surface area (Å²) in [5.74, 6) is 2.37. The average Bonchev–Trinajstić information content (AvgIpc) is 3.19. The number of aromatic nitrogens is 1. The Morgan fingerprint density at radius 3 is 2.85 bits per heavy atom. The summed E-state index contributed by atoms with van der Waals surface area (Å²) in [5, 5.41) is 18.2. The standard InChI is InChI=1S/C23H34N8O3/c1-14-18(11-30(3)28-14)23(2)13-25-19-6-7-21(26-22(19)27-23)31(12-20(24)29-32)15-8-16(33-4)10-17(9-15)34-5/h6-8,10,13-14,17-18,28,32H,9,11-12H2,1-5H3,(H2,24,29)(H,26,27). The van der Waals surface area contributed by atoms with Crippen LogP contribution in [0.4, 0.5) is 17.3 Å². The molecule has 11 nitrogen and oxygen atoms in total. The number of aliphatic imine (C=N–C) groups is 1. The predicted octanol–water partition coefficient (Wildman–Crippen LogP) is 1.81. The highest BCUT2D eigenvalue weighted by molar-refractivity contribution is 5.87. The van der Waals surface area contributed by atoms with E-state index in [0.29, 0.717) is 29.7 Å². The van der Waals surface area contributed by atoms with Crippen LogP contribution in [-0.2, 0) is 9.47 Å². The van der Waals surface area contributed by atoms with Gasteiger partial charge in [0.25, 0.3) is 0 Å². The number of hydrazine groups is 1. The minimum atomic E-state index is -0.372. The van der Waals surface area contributed by atoms with Crippen LogP contribution in [0.25, 0.3) is 0 Å². The molecule has 0 saturated carbocycles. The molecular weight excluding hydrogens is 436 g/mol. The van der Waals surface area contributed by atoms with Crippen molar-refractivity contribution in [3.05, 3.63) is 35.7 Å². The molecule has 1 aromatic heterocycles. The molecule has 4 rings (SSSR count). The second kappa shape index (κ2) is 9.61. The van der Waals surface area contributed by atoms with E-state index in [2.05, 4.69) is 34.8 Å². The zero-order chi connectivity index (χ0) is 24.5. The number of methoxy groups -OCH3 is 2. The van der Waals surface area contributed by atoms with Gasteiger partial charge in [-0.15, -0.1) is 0 Å². The van der Waals surface area contributed by atoms with Crippen LogP contribution in [0.1, 0.15) is 20.3 Å². The van der Waals surface area contributed by atoms with Crippen LogP contribution in [0, 0.1) is 5.92 Å². The topological polar surface area (TPSA) is 133 Å². The predicted molar refractivity (Wildman–Crippen MR) is 132 cm³/mol. The summed E-state index contributed by atoms with van der Waals surface area (Å²) >= 11 is 0. The van der Waals surface area contributed by atoms with Gasteiger partial charge in [0, 0.05) is 51.0 Å². The summed E-state index contributed by atoms with van der Waals surface area (Å²) in [4.78, 5) is 11.5. The number of amidine groups is 1. The highest BCUT2D eigenvalue weighted by Crippen LogP contribution is 2.38. The summed E-state index contributed by atoms with van der Waals surface area (Å²) in [6.07, 6.45) is 6.23. The molecule has 4 unspecified atom stereocenters. The van der Waals surface area contributed by atoms with Gasteiger partial charge in [-0.3, -0.25) is 10.4 Å². The van der Waals surface area contributed by atoms with Gasteiger partial charge in [-0.25, -0.2) is 9.99 Å². The Kier molecular flexibility index (Phi) is 6.78. The van der Waals surface area contributed by atoms with Crippen LogP contribution >= 0.6 is 0 Å². The number of pyridine rings is 1. The van der Waals surface area contributed by atoms with Crippen molar-refractivity contribution in [3.63, 3.8) is 0 Å². The Morgan fingerprint density at radius 2 is 2.21 bits per heavy atom. The quantitative estimate of drug-likeness (QED) is 0.204. The number of hydrogen-bond donors (Lipinski definition) is 4. The zero-order valence-electron chi connectivity index (χ0n) is 20.3. The fourth-order valence-corrected chi connectivity index (χ4v) is 4.83. The van der Waals surface area contributed by atoms with Crippen LogP contribution in [0.5, 0.6) is 0 Å². The molecule has 2 aliphatic heterocycles. The SMILES string of the molecule is COC1=CC(OC)CC(N(C/C(N)=N/O)c2ccc3c(n2)NC(C)(C2CN(C)NC2C)C=N3)=C1. The van der Waals surface area contributed by atoms with Crippen molar-refractivity contribution < 1.29 is 14.7 Å². The number of ether oxygens (including phenoxy) is 2. The summed E-state index contributed by atoms with van der Waals surface area (Å²) in [7, 11) is 5.31. The lowest BCUT2D eigenvalue weighted by molar-refractivity contribution is 0.133. The number of rotatable bonds is 7. The van der Waals surface area contributed by atoms with Crippen LogP contribution in [0.3, 0.4) is 0 Å². The van der Waals surface area contributed by atoms with E-state index in [4.69, 9.17) is 25.2 Å². The first-order chi connectivity index (χ1) is 16.3. The van der Waals surface area contributed by atoms with Gasteiger partial charge in [-0.05, 0) is 38.1 Å². The Balaban J connectivity index is 1.68. The van der Waals surface area contributed by atoms with Gasteiger partial charge >= 0.3 is 0 Å². The molecule has 34 heavy (non-hydrogen) atoms. The zero-order valence-corrected chi connectivity index (χ0v) is 20.3. The third-order valence-electron chi connectivity index (χ3n) is 6.67. The van der Waals surface area contributed by atoms with E-state index in [-0.39, 0.29) is 30.1 Å². The van der Waals surface area contributed by atoms with E-state index >= 15 is 0 Å². The molecule has 3 aliphatic rings. The van der Waals surface area contributed by atoms with Gasteiger partial charge in [0.2, 0.25) is 0 Å². The first-order valence-corrected chi connectivity index (χ1v) is 11.3. The molecular formula is C23H34N8O3. The van der Waals surface area contributed by atoms with Crippen molar-refractivity contribution in [2.75, 3.05) is 44.6 Å². The van der Waals surface area contributed by atoms with Crippen LogP contribution in [0.2, 0.25) is 0 Å². The Morgan fingerprint density at radius 1 is 1.41 bits per heavy atom. The third kappa shape index (κ3) is 4.72. The molecule has 1 fully saturated rings. The number of nitrogens with one attached hydrogen (secondary N) is 2. The van der Waals surface area contributed by atoms with Crippen LogP contribution in [0.15, 0.2) is 45.9 Å². The molecule has 0 amide bonds. The van der Waals surface area contributed by atoms with Crippen molar-refractivity contribution in [2.24, 2.45) is 21.8 Å². The van der Waals surface area contributed by atoms with Crippen LogP contribution < -0.4 is 21.4 Å². The number of allylic oxidation sites excluding steroid dienone is 1. The van der Waals surface area contributed by atoms with Gasteiger partial charge in [0.1, 0.15) is 17.3 Å². The average molecular weight is 471 g/mol. The van der Waals surface area contributed by atoms with E-state index in [1.165, 1.54) is 0 Å². The highest BCUT2D eigenvalue weighted by atomic mass is 16.5. The summed E-state index contributed by atoms with van der Waals surface area (Å²) in [6.45, 7) is 5.36. The first-order valence-electron chi connectivity index (χ1n) is 11.3. The Hall–Kier alpha value is -3.15. The molecule has 184 valence electrons. The van der Waals surface area contributed by atoms with Crippen molar-refractivity contribution in [3.8, 4) is 0 Å². The van der Waals surface area contributed by atoms with E-state index < -0.39 is 0 Å². The largest absolute Gasteiger partial charge is 0.497 e. The maximum Gasteiger partial charge on any atom is 0.159 e. The fourth-order valence-electron chi connectivity index (χ4n) is 4.83. The van der Waals surface area contributed by atoms with E-state index in [1.807, 2.05) is 42.4 Å². The molecule has 5 N–H and O–H groups in total. The van der Waals surface area contributed by atoms with Gasteiger partial charge in [0.05, 0.1) is 25.3 Å². The van der Waals surface area contributed by atoms with Crippen molar-refractivity contribution in [2.45, 2.75) is 38.0 Å². The maximum absolute atomic E-state index is 9.25. The number of fused-ring (bicyclic) bond motifs is 1. The monoisotopic (exact) mass is 470 g/mol. The molecule has 3 heterocycles. The summed E-state index contributed by atoms with van der Waals surface area (Å²) < 4.78 is 11.0. The lowest BCUT2D eigenvalue weighted by Gasteiger charge is -2.38. The van der Waals surface area contributed by atoms with E-state index in [0.717, 1.165) is 17.9 Å². The molecule has 1 aromatic rings. The Bertz CT molecular complexity index is 1040. The maximum atomic E-state index is 9.25. The van der Waals surface area contributed by atoms with Gasteiger partial charge < -0.3 is 30.6 Å². The first kappa shape index (κ1) is 24.0. The number of nitrogens with zero attached hydrogens (tertiary/aromatic N) is 5. The second-order valence-electron chi connectivity index (χ2n) is 9.17. The third-order valence-corrected chi connectivity index (χ3v) is 6.67. The summed E-state index contributed by atoms with van der Waals surface area (Å²) in [5.41, 5.74) is 10.6. The summed E-state index contributed by atoms with van der Waals surface area (Å²) in [6, 6.07) is 4.09. The number of hydrogen-bond acceptors (Lipinski definition) is 10. The fraction of sp³-hybridized carbons (Fsp3) is 0.522. The lowest BCUT2D eigenvalue weighted by atomic mass is 9.82. The minimum absolute atomic E-state index is 0.0626. The van der Waals surface area contributed by atoms with Gasteiger partial charge in [0.15, 0.2) is 11.7 Å². The molecule has 0 aromatic carbocycles. The van der Waals surface area contributed by atoms with E-state index in [9.17, 15) is 5.21 Å². The highest BCUT2D eigenvalue weighted by Gasteiger charge is 2.43. The van der Waals surface area contributed by atoms with E-state index in [1.54, 1.807) is 14.2 Å². The molecule has 1 saturated heterocycles. The lowest BCUT2D eigenvalue weighted by Crippen LogP contribution is -2.50. The normalized spacial score (nSPS) is 29.2. The van der Waals surface area contributed by atoms with Crippen molar-refractivity contribution in [1.82, 2.24) is 15.4 Å². The minimum Gasteiger partial charge on any atom is -0.497 e. The van der Waals surface area contributed by atoms with Gasteiger partial charge in [-0.2, -0.15) is 0 Å². The molecule has 0 radical (unpaired) electrons. The van der Waals surface area contributed by atoms with Crippen molar-refractivity contribution >= 4 is 29.4 Å². The molecule has 4 atom stereocenters. The Labute approximate surface area is 200 Å². The molecule has 11 heteroatoms. The van der Waals surface area contributed by atoms with Crippen molar-refractivity contribution in [1.29, 1.82) is 0 Å². The number of anilines is 2. The smallest absolute Gasteiger partial charge is 0.159 e. The number of oxime groups is 1. The second-order valence-corrected chi connectivity index (χ2v) is 9.17. The molecule has 0 spiro atoms. The van der Waals surface area contributed by atoms with Crippen LogP contribution in [-0.4, -0.2) is 79.3 Å². The molecule has 0 bridgehead atoms. The van der Waals surface area contributed by atoms with Gasteiger partial charge in [-0.1, -0.05) is 5.16 Å². The molecule has 1 aliphatic carbocycles.